The number of carbonyl (C=O) groups is 2. The number of amides is 1. The number of carbonyl (C=O) groups excluding carboxylic acids is 2. The molecule has 1 rings (SSSR count). The Bertz CT molecular complexity index is 443. The first kappa shape index (κ1) is 15.4. The predicted molar refractivity (Wildman–Crippen MR) is 73.4 cm³/mol. The zero-order valence-electron chi connectivity index (χ0n) is 11.7. The molecule has 1 aromatic carbocycles. The van der Waals surface area contributed by atoms with Gasteiger partial charge in [0.2, 0.25) is 5.91 Å². The first-order valence-electron chi connectivity index (χ1n) is 6.37. The summed E-state index contributed by atoms with van der Waals surface area (Å²) < 4.78 is 0. The maximum Gasteiger partial charge on any atom is 0.220 e. The van der Waals surface area contributed by atoms with Crippen molar-refractivity contribution in [2.45, 2.75) is 45.8 Å². The summed E-state index contributed by atoms with van der Waals surface area (Å²) in [5.41, 5.74) is 0.937. The molecule has 0 aromatic heterocycles. The molecule has 0 aliphatic carbocycles. The van der Waals surface area contributed by atoms with Crippen molar-refractivity contribution in [3.05, 3.63) is 35.4 Å². The Morgan fingerprint density at radius 1 is 1.16 bits per heavy atom. The van der Waals surface area contributed by atoms with Gasteiger partial charge in [0, 0.05) is 19.4 Å². The van der Waals surface area contributed by atoms with Crippen LogP contribution in [0.25, 0.3) is 0 Å². The van der Waals surface area contributed by atoms with Crippen LogP contribution < -0.4 is 5.32 Å². The standard InChI is InChI=1S/C15H21NO3/c1-11(17)4-9-14(18)16-10-12-5-7-13(8-6-12)15(2,3)19/h5-8,19H,4,9-10H2,1-3H3,(H,16,18). The molecule has 1 amide bonds. The van der Waals surface area contributed by atoms with Gasteiger partial charge in [0.05, 0.1) is 5.60 Å². The van der Waals surface area contributed by atoms with E-state index in [0.717, 1.165) is 11.1 Å². The molecule has 4 nitrogen and oxygen atoms in total. The van der Waals surface area contributed by atoms with E-state index in [9.17, 15) is 14.7 Å². The second-order valence-corrected chi connectivity index (χ2v) is 5.23. The van der Waals surface area contributed by atoms with Crippen molar-refractivity contribution < 1.29 is 14.7 Å². The number of aliphatic hydroxyl groups is 1. The molecule has 0 spiro atoms. The van der Waals surface area contributed by atoms with Crippen molar-refractivity contribution in [3.8, 4) is 0 Å². The summed E-state index contributed by atoms with van der Waals surface area (Å²) in [7, 11) is 0. The minimum atomic E-state index is -0.858. The third kappa shape index (κ3) is 5.66. The Morgan fingerprint density at radius 3 is 2.21 bits per heavy atom. The van der Waals surface area contributed by atoms with E-state index in [2.05, 4.69) is 5.32 Å². The van der Waals surface area contributed by atoms with Gasteiger partial charge in [-0.2, -0.15) is 0 Å². The first-order valence-corrected chi connectivity index (χ1v) is 6.37. The highest BCUT2D eigenvalue weighted by atomic mass is 16.3. The first-order chi connectivity index (χ1) is 8.79. The molecule has 0 fully saturated rings. The average Bonchev–Trinajstić information content (AvgIpc) is 2.33. The highest BCUT2D eigenvalue weighted by Crippen LogP contribution is 2.19. The van der Waals surface area contributed by atoms with Crippen LogP contribution in [0.4, 0.5) is 0 Å². The zero-order chi connectivity index (χ0) is 14.5. The Balaban J connectivity index is 2.46. The van der Waals surface area contributed by atoms with E-state index in [1.165, 1.54) is 6.92 Å². The van der Waals surface area contributed by atoms with Crippen molar-refractivity contribution in [2.24, 2.45) is 0 Å². The molecule has 2 N–H and O–H groups in total. The average molecular weight is 263 g/mol. The van der Waals surface area contributed by atoms with E-state index in [1.54, 1.807) is 13.8 Å². The number of Topliss-reactive ketones (excluding diaryl/α,β-unsaturated/α-hetero) is 1. The van der Waals surface area contributed by atoms with Gasteiger partial charge in [0.25, 0.3) is 0 Å². The highest BCUT2D eigenvalue weighted by Gasteiger charge is 2.15. The van der Waals surface area contributed by atoms with Crippen LogP contribution in [0.5, 0.6) is 0 Å². The van der Waals surface area contributed by atoms with E-state index in [0.29, 0.717) is 6.54 Å². The van der Waals surface area contributed by atoms with Gasteiger partial charge in [-0.05, 0) is 31.9 Å². The summed E-state index contributed by atoms with van der Waals surface area (Å²) in [4.78, 5) is 22.2. The van der Waals surface area contributed by atoms with Gasteiger partial charge in [-0.3, -0.25) is 4.79 Å². The maximum atomic E-state index is 11.4. The van der Waals surface area contributed by atoms with Crippen molar-refractivity contribution >= 4 is 11.7 Å². The smallest absolute Gasteiger partial charge is 0.220 e. The lowest BCUT2D eigenvalue weighted by molar-refractivity contribution is -0.124. The lowest BCUT2D eigenvalue weighted by Gasteiger charge is -2.17. The number of nitrogens with one attached hydrogen (secondary N) is 1. The molecule has 0 radical (unpaired) electrons. The van der Waals surface area contributed by atoms with Gasteiger partial charge in [0.15, 0.2) is 0 Å². The Kier molecular flexibility index (Phi) is 5.24. The topological polar surface area (TPSA) is 66.4 Å². The fourth-order valence-corrected chi connectivity index (χ4v) is 1.61. The quantitative estimate of drug-likeness (QED) is 0.823. The van der Waals surface area contributed by atoms with Crippen LogP contribution in [0.1, 0.15) is 44.7 Å². The highest BCUT2D eigenvalue weighted by molar-refractivity contribution is 5.83. The summed E-state index contributed by atoms with van der Waals surface area (Å²) in [5.74, 6) is -0.105. The van der Waals surface area contributed by atoms with Gasteiger partial charge in [-0.25, -0.2) is 0 Å². The van der Waals surface area contributed by atoms with Gasteiger partial charge in [-0.1, -0.05) is 24.3 Å². The molecule has 19 heavy (non-hydrogen) atoms. The molecule has 104 valence electrons. The Labute approximate surface area is 113 Å². The van der Waals surface area contributed by atoms with Crippen LogP contribution in [-0.4, -0.2) is 16.8 Å². The van der Waals surface area contributed by atoms with E-state index < -0.39 is 5.60 Å². The second-order valence-electron chi connectivity index (χ2n) is 5.23. The maximum absolute atomic E-state index is 11.4. The van der Waals surface area contributed by atoms with Crippen molar-refractivity contribution in [3.63, 3.8) is 0 Å². The summed E-state index contributed by atoms with van der Waals surface area (Å²) in [5, 5.41) is 12.6. The monoisotopic (exact) mass is 263 g/mol. The number of ketones is 1. The van der Waals surface area contributed by atoms with Crippen LogP contribution in [0.15, 0.2) is 24.3 Å². The minimum absolute atomic E-state index is 0.0182. The van der Waals surface area contributed by atoms with Crippen molar-refractivity contribution in [1.29, 1.82) is 0 Å². The molecule has 0 bridgehead atoms. The molecule has 0 aliphatic heterocycles. The zero-order valence-corrected chi connectivity index (χ0v) is 11.7. The van der Waals surface area contributed by atoms with Gasteiger partial charge in [-0.15, -0.1) is 0 Å². The Hall–Kier alpha value is -1.68. The molecular formula is C15H21NO3. The van der Waals surface area contributed by atoms with Gasteiger partial charge in [0.1, 0.15) is 5.78 Å². The fraction of sp³-hybridized carbons (Fsp3) is 0.467. The Morgan fingerprint density at radius 2 is 1.74 bits per heavy atom. The molecule has 0 atom stereocenters. The summed E-state index contributed by atoms with van der Waals surface area (Å²) >= 11 is 0. The summed E-state index contributed by atoms with van der Waals surface area (Å²) in [6.07, 6.45) is 0.514. The fourth-order valence-electron chi connectivity index (χ4n) is 1.61. The van der Waals surface area contributed by atoms with Crippen LogP contribution >= 0.6 is 0 Å². The van der Waals surface area contributed by atoms with Crippen molar-refractivity contribution in [1.82, 2.24) is 5.32 Å². The largest absolute Gasteiger partial charge is 0.386 e. The number of rotatable bonds is 6. The molecule has 4 heteroatoms. The lowest BCUT2D eigenvalue weighted by Crippen LogP contribution is -2.23. The SMILES string of the molecule is CC(=O)CCC(=O)NCc1ccc(C(C)(C)O)cc1. The molecule has 0 saturated heterocycles. The third-order valence-corrected chi connectivity index (χ3v) is 2.85. The number of benzene rings is 1. The molecule has 0 aliphatic rings. The summed E-state index contributed by atoms with van der Waals surface area (Å²) in [6.45, 7) is 5.36. The van der Waals surface area contributed by atoms with Crippen LogP contribution in [0.2, 0.25) is 0 Å². The van der Waals surface area contributed by atoms with Crippen LogP contribution in [-0.2, 0) is 21.7 Å². The number of hydrogen-bond donors (Lipinski definition) is 2. The van der Waals surface area contributed by atoms with Gasteiger partial charge < -0.3 is 15.2 Å². The van der Waals surface area contributed by atoms with Gasteiger partial charge >= 0.3 is 0 Å². The van der Waals surface area contributed by atoms with E-state index in [-0.39, 0.29) is 24.5 Å². The van der Waals surface area contributed by atoms with Crippen LogP contribution in [0.3, 0.4) is 0 Å². The normalized spacial score (nSPS) is 11.2. The molecule has 0 unspecified atom stereocenters. The van der Waals surface area contributed by atoms with Crippen LogP contribution in [0, 0.1) is 0 Å². The minimum Gasteiger partial charge on any atom is -0.386 e. The predicted octanol–water partition coefficient (Wildman–Crippen LogP) is 1.90. The van der Waals surface area contributed by atoms with E-state index in [4.69, 9.17) is 0 Å². The van der Waals surface area contributed by atoms with E-state index in [1.807, 2.05) is 24.3 Å². The second kappa shape index (κ2) is 6.48. The summed E-state index contributed by atoms with van der Waals surface area (Å²) in [6, 6.07) is 7.44. The van der Waals surface area contributed by atoms with Crippen molar-refractivity contribution in [2.75, 3.05) is 0 Å². The number of hydrogen-bond acceptors (Lipinski definition) is 3. The molecule has 1 aromatic rings. The molecule has 0 heterocycles. The van der Waals surface area contributed by atoms with E-state index >= 15 is 0 Å². The molecular weight excluding hydrogens is 242 g/mol. The molecule has 0 saturated carbocycles. The lowest BCUT2D eigenvalue weighted by atomic mass is 9.97. The third-order valence-electron chi connectivity index (χ3n) is 2.85.